The van der Waals surface area contributed by atoms with Crippen molar-refractivity contribution in [2.45, 2.75) is 19.6 Å². The fourth-order valence-corrected chi connectivity index (χ4v) is 2.77. The van der Waals surface area contributed by atoms with Gasteiger partial charge >= 0.3 is 0 Å². The molecule has 27 heavy (non-hydrogen) atoms. The number of hydrogen-bond donors (Lipinski definition) is 3. The van der Waals surface area contributed by atoms with Crippen molar-refractivity contribution in [1.29, 1.82) is 0 Å². The van der Waals surface area contributed by atoms with E-state index in [0.717, 1.165) is 22.2 Å². The molecule has 0 fully saturated rings. The molecule has 3 rings (SSSR count). The Balaban J connectivity index is 1.45. The summed E-state index contributed by atoms with van der Waals surface area (Å²) in [6.07, 6.45) is -0.633. The minimum absolute atomic E-state index is 0.135. The van der Waals surface area contributed by atoms with Crippen LogP contribution in [0.5, 0.6) is 11.5 Å². The predicted octanol–water partition coefficient (Wildman–Crippen LogP) is 2.46. The van der Waals surface area contributed by atoms with Crippen LogP contribution in [-0.4, -0.2) is 36.0 Å². The molecule has 2 aromatic carbocycles. The van der Waals surface area contributed by atoms with E-state index >= 15 is 0 Å². The van der Waals surface area contributed by atoms with E-state index in [1.165, 1.54) is 6.07 Å². The van der Waals surface area contributed by atoms with Crippen molar-refractivity contribution in [1.82, 2.24) is 10.3 Å². The molecule has 0 bridgehead atoms. The third kappa shape index (κ3) is 5.57. The van der Waals surface area contributed by atoms with Crippen molar-refractivity contribution in [2.24, 2.45) is 0 Å². The van der Waals surface area contributed by atoms with Crippen LogP contribution in [0, 0.1) is 0 Å². The largest absolute Gasteiger partial charge is 0.494 e. The maximum Gasteiger partial charge on any atom is 0.248 e. The van der Waals surface area contributed by atoms with E-state index in [1.807, 2.05) is 37.3 Å². The summed E-state index contributed by atoms with van der Waals surface area (Å²) in [5.41, 5.74) is 1.72. The molecule has 0 aliphatic heterocycles. The molecule has 3 aromatic rings. The van der Waals surface area contributed by atoms with Gasteiger partial charge < -0.3 is 24.9 Å². The Morgan fingerprint density at radius 2 is 1.93 bits per heavy atom. The van der Waals surface area contributed by atoms with Gasteiger partial charge in [0.05, 0.1) is 6.61 Å². The van der Waals surface area contributed by atoms with E-state index in [0.29, 0.717) is 25.4 Å². The maximum atomic E-state index is 11.3. The van der Waals surface area contributed by atoms with Crippen LogP contribution in [0.2, 0.25) is 0 Å². The second-order valence-electron chi connectivity index (χ2n) is 6.25. The Morgan fingerprint density at radius 1 is 1.07 bits per heavy atom. The highest BCUT2D eigenvalue weighted by Crippen LogP contribution is 2.18. The number of ether oxygens (including phenoxy) is 2. The lowest BCUT2D eigenvalue weighted by molar-refractivity contribution is 0.106. The molecule has 0 amide bonds. The van der Waals surface area contributed by atoms with Gasteiger partial charge in [0.15, 0.2) is 0 Å². The minimum atomic E-state index is -0.633. The van der Waals surface area contributed by atoms with Crippen LogP contribution < -0.4 is 20.3 Å². The van der Waals surface area contributed by atoms with Gasteiger partial charge in [-0.25, -0.2) is 0 Å². The van der Waals surface area contributed by atoms with Gasteiger partial charge in [-0.15, -0.1) is 0 Å². The highest BCUT2D eigenvalue weighted by Gasteiger charge is 2.06. The van der Waals surface area contributed by atoms with E-state index in [1.54, 1.807) is 18.2 Å². The number of pyridine rings is 1. The fourth-order valence-electron chi connectivity index (χ4n) is 2.77. The van der Waals surface area contributed by atoms with E-state index in [2.05, 4.69) is 10.3 Å². The third-order valence-electron chi connectivity index (χ3n) is 4.06. The van der Waals surface area contributed by atoms with E-state index < -0.39 is 6.10 Å². The summed E-state index contributed by atoms with van der Waals surface area (Å²) in [7, 11) is 0. The summed E-state index contributed by atoms with van der Waals surface area (Å²) < 4.78 is 11.1. The summed E-state index contributed by atoms with van der Waals surface area (Å²) in [6, 6.07) is 16.5. The molecule has 0 radical (unpaired) electrons. The molecule has 0 aliphatic carbocycles. The first-order valence-electron chi connectivity index (χ1n) is 9.00. The SMILES string of the molecule is CCOc1cccc(CNCC(O)COc2ccc3[nH]c(=O)ccc3c2)c1. The highest BCUT2D eigenvalue weighted by molar-refractivity contribution is 5.79. The predicted molar refractivity (Wildman–Crippen MR) is 105 cm³/mol. The fraction of sp³-hybridized carbons (Fsp3) is 0.286. The van der Waals surface area contributed by atoms with Gasteiger partial charge in [0, 0.05) is 30.1 Å². The number of rotatable bonds is 9. The molecule has 0 saturated heterocycles. The Labute approximate surface area is 157 Å². The van der Waals surface area contributed by atoms with Crippen molar-refractivity contribution >= 4 is 10.9 Å². The number of aromatic amines is 1. The Morgan fingerprint density at radius 3 is 2.78 bits per heavy atom. The molecule has 6 nitrogen and oxygen atoms in total. The van der Waals surface area contributed by atoms with Crippen molar-refractivity contribution in [3.05, 3.63) is 70.5 Å². The van der Waals surface area contributed by atoms with Crippen LogP contribution in [0.25, 0.3) is 10.9 Å². The first kappa shape index (κ1) is 18.9. The molecule has 0 saturated carbocycles. The number of aromatic nitrogens is 1. The summed E-state index contributed by atoms with van der Waals surface area (Å²) in [6.45, 7) is 3.83. The van der Waals surface area contributed by atoms with Gasteiger partial charge in [-0.3, -0.25) is 4.79 Å². The molecule has 0 spiro atoms. The minimum Gasteiger partial charge on any atom is -0.494 e. The average Bonchev–Trinajstić information content (AvgIpc) is 2.67. The summed E-state index contributed by atoms with van der Waals surface area (Å²) in [4.78, 5) is 14.1. The van der Waals surface area contributed by atoms with E-state index in [4.69, 9.17) is 9.47 Å². The van der Waals surface area contributed by atoms with Gasteiger partial charge in [0.25, 0.3) is 0 Å². The monoisotopic (exact) mass is 368 g/mol. The number of aliphatic hydroxyl groups is 1. The number of H-pyrrole nitrogens is 1. The lowest BCUT2D eigenvalue weighted by Gasteiger charge is -2.14. The van der Waals surface area contributed by atoms with Crippen molar-refractivity contribution in [3.63, 3.8) is 0 Å². The molecule has 1 unspecified atom stereocenters. The molecule has 1 aromatic heterocycles. The first-order chi connectivity index (χ1) is 13.1. The van der Waals surface area contributed by atoms with Gasteiger partial charge in [-0.05, 0) is 48.9 Å². The van der Waals surface area contributed by atoms with Gasteiger partial charge in [-0.2, -0.15) is 0 Å². The van der Waals surface area contributed by atoms with Crippen LogP contribution in [0.4, 0.5) is 0 Å². The molecular formula is C21H24N2O4. The summed E-state index contributed by atoms with van der Waals surface area (Å²) in [5, 5.41) is 14.2. The zero-order valence-corrected chi connectivity index (χ0v) is 15.3. The highest BCUT2D eigenvalue weighted by atomic mass is 16.5. The van der Waals surface area contributed by atoms with Crippen LogP contribution in [0.1, 0.15) is 12.5 Å². The normalized spacial score (nSPS) is 12.1. The number of benzene rings is 2. The molecule has 0 aliphatic rings. The molecule has 3 N–H and O–H groups in total. The van der Waals surface area contributed by atoms with Crippen molar-refractivity contribution in [2.75, 3.05) is 19.8 Å². The Hall–Kier alpha value is -2.83. The standard InChI is InChI=1S/C21H24N2O4/c1-2-26-18-5-3-4-15(10-18)12-22-13-17(24)14-27-19-7-8-20-16(11-19)6-9-21(25)23-20/h3-11,17,22,24H,2,12-14H2,1H3,(H,23,25). The molecule has 6 heteroatoms. The average molecular weight is 368 g/mol. The number of nitrogens with one attached hydrogen (secondary N) is 2. The van der Waals surface area contributed by atoms with E-state index in [-0.39, 0.29) is 12.2 Å². The molecule has 1 atom stereocenters. The van der Waals surface area contributed by atoms with E-state index in [9.17, 15) is 9.90 Å². The van der Waals surface area contributed by atoms with Crippen molar-refractivity contribution in [3.8, 4) is 11.5 Å². The van der Waals surface area contributed by atoms with Crippen LogP contribution in [-0.2, 0) is 6.54 Å². The topological polar surface area (TPSA) is 83.6 Å². The zero-order valence-electron chi connectivity index (χ0n) is 15.3. The molecule has 1 heterocycles. The zero-order chi connectivity index (χ0) is 19.1. The van der Waals surface area contributed by atoms with Crippen LogP contribution in [0.3, 0.4) is 0 Å². The molecular weight excluding hydrogens is 344 g/mol. The summed E-state index contributed by atoms with van der Waals surface area (Å²) in [5.74, 6) is 1.50. The first-order valence-corrected chi connectivity index (χ1v) is 9.00. The van der Waals surface area contributed by atoms with Gasteiger partial charge in [0.2, 0.25) is 5.56 Å². The smallest absolute Gasteiger partial charge is 0.248 e. The lowest BCUT2D eigenvalue weighted by Crippen LogP contribution is -2.31. The Kier molecular flexibility index (Phi) is 6.46. The molecule has 142 valence electrons. The van der Waals surface area contributed by atoms with Crippen molar-refractivity contribution < 1.29 is 14.6 Å². The number of hydrogen-bond acceptors (Lipinski definition) is 5. The summed E-state index contributed by atoms with van der Waals surface area (Å²) >= 11 is 0. The lowest BCUT2D eigenvalue weighted by atomic mass is 10.2. The number of aliphatic hydroxyl groups excluding tert-OH is 1. The quantitative estimate of drug-likeness (QED) is 0.540. The second kappa shape index (κ2) is 9.21. The van der Waals surface area contributed by atoms with Gasteiger partial charge in [0.1, 0.15) is 24.2 Å². The van der Waals surface area contributed by atoms with Crippen LogP contribution in [0.15, 0.2) is 59.4 Å². The maximum absolute atomic E-state index is 11.3. The second-order valence-corrected chi connectivity index (χ2v) is 6.25. The van der Waals surface area contributed by atoms with Crippen LogP contribution >= 0.6 is 0 Å². The van der Waals surface area contributed by atoms with Gasteiger partial charge in [-0.1, -0.05) is 12.1 Å². The Bertz CT molecular complexity index is 939. The number of fused-ring (bicyclic) bond motifs is 1. The third-order valence-corrected chi connectivity index (χ3v) is 4.06.